The van der Waals surface area contributed by atoms with Gasteiger partial charge in [-0.1, -0.05) is 59.8 Å². The van der Waals surface area contributed by atoms with Gasteiger partial charge in [0.05, 0.1) is 5.56 Å². The molecule has 0 N–H and O–H groups in total. The fraction of sp³-hybridized carbons (Fsp3) is 0.516. The van der Waals surface area contributed by atoms with E-state index >= 15 is 0 Å². The summed E-state index contributed by atoms with van der Waals surface area (Å²) in [5.74, 6) is 0.535. The fourth-order valence-corrected chi connectivity index (χ4v) is 2.70. The number of nitrogens with zero attached hydrogens (tertiary/aromatic N) is 2. The first kappa shape index (κ1) is 43.1. The lowest BCUT2D eigenvalue weighted by molar-refractivity contribution is -0.138. The Morgan fingerprint density at radius 1 is 1.05 bits per heavy atom. The van der Waals surface area contributed by atoms with Crippen LogP contribution in [0.3, 0.4) is 0 Å². The molecule has 1 aliphatic rings. The average Bonchev–Trinajstić information content (AvgIpc) is 3.75. The number of carbonyl (C=O) groups excluding carboxylic acids is 2. The molecular formula is C31H51F3N2O3. The largest absolute Gasteiger partial charge is 0.446 e. The number of unbranched alkanes of at least 4 members (excludes halogenated alkanes) is 1. The van der Waals surface area contributed by atoms with Crippen LogP contribution in [0.5, 0.6) is 0 Å². The van der Waals surface area contributed by atoms with Crippen molar-refractivity contribution in [2.75, 3.05) is 28.2 Å². The third-order valence-electron chi connectivity index (χ3n) is 4.76. The summed E-state index contributed by atoms with van der Waals surface area (Å²) in [6.45, 7) is 23.2. The van der Waals surface area contributed by atoms with Crippen molar-refractivity contribution in [1.82, 2.24) is 4.90 Å². The molecule has 224 valence electrons. The minimum Gasteiger partial charge on any atom is -0.446 e. The summed E-state index contributed by atoms with van der Waals surface area (Å²) in [6.07, 6.45) is 3.07. The molecule has 0 radical (unpaired) electrons. The van der Waals surface area contributed by atoms with Gasteiger partial charge in [-0.05, 0) is 88.2 Å². The maximum absolute atomic E-state index is 13.4. The van der Waals surface area contributed by atoms with Crippen LogP contribution in [0.25, 0.3) is 5.57 Å². The molecule has 1 aliphatic carbocycles. The highest BCUT2D eigenvalue weighted by Crippen LogP contribution is 2.44. The number of ether oxygens (including phenoxy) is 1. The maximum atomic E-state index is 13.4. The highest BCUT2D eigenvalue weighted by molar-refractivity contribution is 5.72. The summed E-state index contributed by atoms with van der Waals surface area (Å²) in [4.78, 5) is 21.7. The van der Waals surface area contributed by atoms with E-state index in [2.05, 4.69) is 32.0 Å². The summed E-state index contributed by atoms with van der Waals surface area (Å²) in [5, 5.41) is 0. The van der Waals surface area contributed by atoms with Gasteiger partial charge >= 0.3 is 6.18 Å². The number of allylic oxidation sites excluding steroid dienone is 2. The van der Waals surface area contributed by atoms with Crippen molar-refractivity contribution in [3.8, 4) is 0 Å². The number of carbonyl (C=O) groups is 2. The molecular weight excluding hydrogens is 505 g/mol. The number of halogens is 3. The Kier molecular flexibility index (Phi) is 27.9. The van der Waals surface area contributed by atoms with Gasteiger partial charge in [0.25, 0.3) is 0 Å². The van der Waals surface area contributed by atoms with Crippen molar-refractivity contribution >= 4 is 25.6 Å². The van der Waals surface area contributed by atoms with Crippen molar-refractivity contribution in [2.45, 2.75) is 79.3 Å². The third-order valence-corrected chi connectivity index (χ3v) is 4.76. The number of aliphatic imine (C=N–C) groups is 1. The van der Waals surface area contributed by atoms with Crippen LogP contribution >= 0.6 is 0 Å². The Hall–Kier alpha value is -3.00. The van der Waals surface area contributed by atoms with Crippen molar-refractivity contribution in [3.63, 3.8) is 0 Å². The molecule has 0 saturated heterocycles. The van der Waals surface area contributed by atoms with Crippen molar-refractivity contribution in [3.05, 3.63) is 65.0 Å². The molecule has 1 aromatic carbocycles. The van der Waals surface area contributed by atoms with Gasteiger partial charge in [0.15, 0.2) is 6.40 Å². The zero-order valence-corrected chi connectivity index (χ0v) is 25.8. The summed E-state index contributed by atoms with van der Waals surface area (Å²) < 4.78 is 45.4. The molecule has 0 atom stereocenters. The van der Waals surface area contributed by atoms with Crippen LogP contribution in [-0.2, 0) is 20.5 Å². The second kappa shape index (κ2) is 25.3. The molecule has 0 bridgehead atoms. The van der Waals surface area contributed by atoms with Gasteiger partial charge in [-0.15, -0.1) is 0 Å². The third kappa shape index (κ3) is 20.6. The number of hydrogen-bond acceptors (Lipinski definition) is 5. The Bertz CT molecular complexity index is 866. The van der Waals surface area contributed by atoms with Gasteiger partial charge in [0.2, 0.25) is 0 Å². The zero-order valence-electron chi connectivity index (χ0n) is 25.8. The molecule has 39 heavy (non-hydrogen) atoms. The normalized spacial score (nSPS) is 12.0. The smallest absolute Gasteiger partial charge is 0.416 e. The van der Waals surface area contributed by atoms with E-state index in [1.54, 1.807) is 20.0 Å². The van der Waals surface area contributed by atoms with Crippen molar-refractivity contribution < 1.29 is 27.5 Å². The molecule has 1 saturated carbocycles. The summed E-state index contributed by atoms with van der Waals surface area (Å²) in [6, 6.07) is 3.15. The van der Waals surface area contributed by atoms with Crippen molar-refractivity contribution in [1.29, 1.82) is 0 Å². The minimum absolute atomic E-state index is 0.222. The highest BCUT2D eigenvalue weighted by Gasteiger charge is 2.35. The van der Waals surface area contributed by atoms with E-state index in [0.717, 1.165) is 18.4 Å². The van der Waals surface area contributed by atoms with Gasteiger partial charge in [-0.25, -0.2) is 0 Å². The fourth-order valence-electron chi connectivity index (χ4n) is 2.70. The van der Waals surface area contributed by atoms with Crippen LogP contribution in [-0.4, -0.2) is 53.1 Å². The van der Waals surface area contributed by atoms with Crippen molar-refractivity contribution in [2.24, 2.45) is 4.99 Å². The molecule has 2 rings (SSSR count). The maximum Gasteiger partial charge on any atom is 0.416 e. The van der Waals surface area contributed by atoms with Gasteiger partial charge in [0.1, 0.15) is 19.3 Å². The first-order valence-electron chi connectivity index (χ1n) is 12.8. The topological polar surface area (TPSA) is 59.0 Å². The van der Waals surface area contributed by atoms with Crippen LogP contribution in [0.4, 0.5) is 13.2 Å². The van der Waals surface area contributed by atoms with E-state index in [0.29, 0.717) is 22.5 Å². The second-order valence-corrected chi connectivity index (χ2v) is 8.61. The van der Waals surface area contributed by atoms with E-state index in [9.17, 15) is 13.2 Å². The zero-order chi connectivity index (χ0) is 31.8. The number of alkyl halides is 3. The number of hydrogen-bond donors (Lipinski definition) is 0. The van der Waals surface area contributed by atoms with Gasteiger partial charge in [-0.3, -0.25) is 4.99 Å². The molecule has 8 heteroatoms. The van der Waals surface area contributed by atoms with Crippen LogP contribution in [0.15, 0.2) is 47.7 Å². The Morgan fingerprint density at radius 2 is 1.49 bits per heavy atom. The lowest BCUT2D eigenvalue weighted by Crippen LogP contribution is -2.10. The SMILES string of the molecule is C=C(/C=C(/C)c1cc(C2CC2)cc(C(F)(F)F)c1C)C(=C)OC=NC.C=O.C=O.CC.CCCC.CN(C)C. The molecule has 1 fully saturated rings. The molecule has 0 unspecified atom stereocenters. The highest BCUT2D eigenvalue weighted by atomic mass is 19.4. The van der Waals surface area contributed by atoms with E-state index in [1.807, 2.05) is 59.5 Å². The first-order chi connectivity index (χ1) is 18.3. The Balaban J connectivity index is -0.000000369. The van der Waals surface area contributed by atoms with E-state index in [1.165, 1.54) is 32.2 Å². The number of rotatable bonds is 7. The van der Waals surface area contributed by atoms with E-state index in [-0.39, 0.29) is 11.5 Å². The summed E-state index contributed by atoms with van der Waals surface area (Å²) in [7, 11) is 7.56. The van der Waals surface area contributed by atoms with Gasteiger partial charge in [0, 0.05) is 12.6 Å². The van der Waals surface area contributed by atoms with Gasteiger partial charge < -0.3 is 19.2 Å². The predicted molar refractivity (Wildman–Crippen MR) is 161 cm³/mol. The molecule has 0 heterocycles. The average molecular weight is 557 g/mol. The van der Waals surface area contributed by atoms with Crippen LogP contribution in [0.1, 0.15) is 88.5 Å². The quantitative estimate of drug-likeness (QED) is 0.146. The van der Waals surface area contributed by atoms with E-state index in [4.69, 9.17) is 14.3 Å². The Labute approximate surface area is 235 Å². The molecule has 1 aromatic rings. The van der Waals surface area contributed by atoms with E-state index < -0.39 is 11.7 Å². The summed E-state index contributed by atoms with van der Waals surface area (Å²) in [5.41, 5.74) is 2.16. The second-order valence-electron chi connectivity index (χ2n) is 8.61. The molecule has 0 amide bonds. The van der Waals surface area contributed by atoms with Gasteiger partial charge in [-0.2, -0.15) is 13.2 Å². The summed E-state index contributed by atoms with van der Waals surface area (Å²) >= 11 is 0. The minimum atomic E-state index is -4.37. The first-order valence-corrected chi connectivity index (χ1v) is 12.8. The van der Waals surface area contributed by atoms with Crippen LogP contribution < -0.4 is 0 Å². The molecule has 0 aromatic heterocycles. The number of benzene rings is 1. The predicted octanol–water partition coefficient (Wildman–Crippen LogP) is 8.68. The lowest BCUT2D eigenvalue weighted by Gasteiger charge is -2.17. The van der Waals surface area contributed by atoms with Crippen LogP contribution in [0, 0.1) is 6.92 Å². The monoisotopic (exact) mass is 556 g/mol. The standard InChI is InChI=1S/C20H22F3NO.C4H10.C3H9N.C2H6.2CH2O/c1-12(15(4)25-11-24-5)8-13(2)18-9-17(16-6-7-16)10-19(14(18)3)20(21,22)23;1-3-4-2;1-4(2)3;3*1-2/h8-11,16H,1,4,6-7H2,2-3,5H3;3-4H2,1-2H3;1-3H3;1-2H3;2*1H2/b13-8-,24-11?;;;;;. The Morgan fingerprint density at radius 3 is 1.82 bits per heavy atom. The lowest BCUT2D eigenvalue weighted by atomic mass is 9.91. The molecule has 5 nitrogen and oxygen atoms in total. The molecule has 0 spiro atoms. The molecule has 0 aliphatic heterocycles. The van der Waals surface area contributed by atoms with Crippen LogP contribution in [0.2, 0.25) is 0 Å².